The molecule has 0 radical (unpaired) electrons. The van der Waals surface area contributed by atoms with Crippen molar-refractivity contribution in [3.8, 4) is 11.1 Å². The topological polar surface area (TPSA) is 71.6 Å². The summed E-state index contributed by atoms with van der Waals surface area (Å²) < 4.78 is 82.2. The maximum absolute atomic E-state index is 14.6. The molecule has 1 aliphatic heterocycles. The van der Waals surface area contributed by atoms with Crippen molar-refractivity contribution < 1.29 is 28.6 Å². The molecule has 5 nitrogen and oxygen atoms in total. The molecule has 2 aromatic carbocycles. The number of likely N-dealkylation sites (N-methyl/N-ethyl adjacent to an activating group) is 1. The molecular formula is C21H16F6N4OS. The van der Waals surface area contributed by atoms with Gasteiger partial charge in [0.2, 0.25) is 0 Å². The first-order valence-electron chi connectivity index (χ1n) is 9.32. The largest absolute Gasteiger partial charge is 0.369 e. The van der Waals surface area contributed by atoms with Crippen molar-refractivity contribution in [3.05, 3.63) is 83.9 Å². The average Bonchev–Trinajstić information content (AvgIpc) is 2.98. The quantitative estimate of drug-likeness (QED) is 0.490. The van der Waals surface area contributed by atoms with E-state index < -0.39 is 37.9 Å². The first-order chi connectivity index (χ1) is 15.1. The van der Waals surface area contributed by atoms with Gasteiger partial charge in [-0.25, -0.2) is 9.38 Å². The lowest BCUT2D eigenvalue weighted by Crippen LogP contribution is -2.41. The lowest BCUT2D eigenvalue weighted by atomic mass is 9.81. The number of guanidine groups is 1. The van der Waals surface area contributed by atoms with Gasteiger partial charge >= 0.3 is 10.2 Å². The van der Waals surface area contributed by atoms with Gasteiger partial charge in [-0.2, -0.15) is 0 Å². The molecule has 0 saturated heterocycles. The first-order valence-corrected chi connectivity index (χ1v) is 11.3. The summed E-state index contributed by atoms with van der Waals surface area (Å²) >= 11 is 0. The van der Waals surface area contributed by atoms with Gasteiger partial charge in [-0.05, 0) is 41.5 Å². The van der Waals surface area contributed by atoms with Crippen molar-refractivity contribution >= 4 is 22.1 Å². The van der Waals surface area contributed by atoms with E-state index in [-0.39, 0.29) is 29.2 Å². The number of carbonyl (C=O) groups is 1. The Kier molecular flexibility index (Phi) is 4.46. The molecule has 0 aliphatic carbocycles. The van der Waals surface area contributed by atoms with Crippen LogP contribution in [0, 0.1) is 5.82 Å². The van der Waals surface area contributed by atoms with Crippen LogP contribution >= 0.6 is 10.2 Å². The molecule has 33 heavy (non-hydrogen) atoms. The van der Waals surface area contributed by atoms with Crippen LogP contribution in [-0.4, -0.2) is 28.8 Å². The Balaban J connectivity index is 2.02. The number of hydrogen-bond donors (Lipinski definition) is 1. The molecular weight excluding hydrogens is 470 g/mol. The number of amides is 1. The number of benzene rings is 2. The van der Waals surface area contributed by atoms with E-state index in [1.54, 1.807) is 6.07 Å². The third-order valence-corrected chi connectivity index (χ3v) is 6.44. The number of halogens is 6. The Morgan fingerprint density at radius 1 is 0.970 bits per heavy atom. The molecule has 3 aromatic rings. The standard InChI is InChI=1S/C21H16F6N4OS/c1-31-19(32)21(30-20(31)28,14-5-2-6-16(10-14)33(23,24,25,26)27)15-7-8-18(22)17(11-15)13-4-3-9-29-12-13/h2-12H,1H3,(H2,28,30). The van der Waals surface area contributed by atoms with E-state index in [1.165, 1.54) is 31.6 Å². The molecule has 2 N–H and O–H groups in total. The van der Waals surface area contributed by atoms with Crippen molar-refractivity contribution in [2.45, 2.75) is 10.4 Å². The second-order valence-corrected chi connectivity index (χ2v) is 9.89. The summed E-state index contributed by atoms with van der Waals surface area (Å²) in [5.41, 5.74) is 3.31. The second-order valence-electron chi connectivity index (χ2n) is 7.48. The predicted molar refractivity (Wildman–Crippen MR) is 113 cm³/mol. The zero-order valence-corrected chi connectivity index (χ0v) is 17.7. The fourth-order valence-corrected chi connectivity index (χ4v) is 4.32. The smallest absolute Gasteiger partial charge is 0.310 e. The highest BCUT2D eigenvalue weighted by molar-refractivity contribution is 8.45. The Bertz CT molecular complexity index is 1310. The number of pyridine rings is 1. The van der Waals surface area contributed by atoms with Crippen LogP contribution in [0.25, 0.3) is 11.1 Å². The minimum absolute atomic E-state index is 0.0139. The van der Waals surface area contributed by atoms with E-state index in [1.807, 2.05) is 0 Å². The van der Waals surface area contributed by atoms with Crippen molar-refractivity contribution in [1.82, 2.24) is 9.88 Å². The van der Waals surface area contributed by atoms with Crippen LogP contribution in [0.1, 0.15) is 11.1 Å². The number of nitrogens with zero attached hydrogens (tertiary/aromatic N) is 3. The summed E-state index contributed by atoms with van der Waals surface area (Å²) in [4.78, 5) is 20.0. The monoisotopic (exact) mass is 486 g/mol. The Hall–Kier alpha value is -3.54. The minimum atomic E-state index is -10.1. The van der Waals surface area contributed by atoms with Gasteiger partial charge in [-0.3, -0.25) is 14.7 Å². The fraction of sp³-hybridized carbons (Fsp3) is 0.0952. The van der Waals surface area contributed by atoms with Gasteiger partial charge in [0, 0.05) is 30.6 Å². The van der Waals surface area contributed by atoms with Crippen LogP contribution in [0.5, 0.6) is 0 Å². The molecule has 0 bridgehead atoms. The van der Waals surface area contributed by atoms with E-state index in [2.05, 4.69) is 9.98 Å². The lowest BCUT2D eigenvalue weighted by molar-refractivity contribution is -0.129. The Morgan fingerprint density at radius 3 is 2.24 bits per heavy atom. The molecule has 1 amide bonds. The summed E-state index contributed by atoms with van der Waals surface area (Å²) in [7, 11) is -8.84. The van der Waals surface area contributed by atoms with Crippen LogP contribution in [0.15, 0.2) is 76.9 Å². The third kappa shape index (κ3) is 3.80. The molecule has 0 saturated carbocycles. The van der Waals surface area contributed by atoms with Gasteiger partial charge in [-0.1, -0.05) is 43.7 Å². The van der Waals surface area contributed by atoms with Gasteiger partial charge < -0.3 is 5.73 Å². The molecule has 1 atom stereocenters. The van der Waals surface area contributed by atoms with E-state index >= 15 is 0 Å². The molecule has 1 unspecified atom stereocenters. The van der Waals surface area contributed by atoms with E-state index in [0.29, 0.717) is 5.56 Å². The molecule has 1 aliphatic rings. The highest BCUT2D eigenvalue weighted by Gasteiger charge is 2.66. The van der Waals surface area contributed by atoms with Gasteiger partial charge in [0.05, 0.1) is 0 Å². The summed E-state index contributed by atoms with van der Waals surface area (Å²) in [5.74, 6) is -1.92. The lowest BCUT2D eigenvalue weighted by Gasteiger charge is -2.41. The molecule has 4 rings (SSSR count). The molecule has 12 heteroatoms. The zero-order valence-electron chi connectivity index (χ0n) is 16.9. The van der Waals surface area contributed by atoms with Gasteiger partial charge in [-0.15, -0.1) is 0 Å². The van der Waals surface area contributed by atoms with Crippen LogP contribution < -0.4 is 5.73 Å². The molecule has 2 heterocycles. The first kappa shape index (κ1) is 22.6. The van der Waals surface area contributed by atoms with Crippen LogP contribution in [0.4, 0.5) is 23.8 Å². The minimum Gasteiger partial charge on any atom is -0.369 e. The van der Waals surface area contributed by atoms with Crippen molar-refractivity contribution in [3.63, 3.8) is 0 Å². The average molecular weight is 486 g/mol. The summed E-state index contributed by atoms with van der Waals surface area (Å²) in [6, 6.07) is 8.67. The Labute approximate surface area is 184 Å². The maximum atomic E-state index is 14.6. The van der Waals surface area contributed by atoms with Crippen molar-refractivity contribution in [2.24, 2.45) is 10.7 Å². The summed E-state index contributed by atoms with van der Waals surface area (Å²) in [6.45, 7) is 0. The number of carbonyl (C=O) groups excluding carboxylic acids is 1. The van der Waals surface area contributed by atoms with Gasteiger partial charge in [0.1, 0.15) is 10.7 Å². The van der Waals surface area contributed by atoms with E-state index in [4.69, 9.17) is 5.73 Å². The van der Waals surface area contributed by atoms with E-state index in [9.17, 15) is 28.6 Å². The predicted octanol–water partition coefficient (Wildman–Crippen LogP) is 5.58. The molecule has 174 valence electrons. The van der Waals surface area contributed by atoms with Gasteiger partial charge in [0.15, 0.2) is 11.5 Å². The Morgan fingerprint density at radius 2 is 1.67 bits per heavy atom. The highest BCUT2D eigenvalue weighted by atomic mass is 32.5. The van der Waals surface area contributed by atoms with Crippen LogP contribution in [-0.2, 0) is 10.3 Å². The number of aliphatic imine (C=N–C) groups is 1. The number of aromatic nitrogens is 1. The molecule has 1 aromatic heterocycles. The molecule has 0 fully saturated rings. The maximum Gasteiger partial charge on any atom is 0.310 e. The summed E-state index contributed by atoms with van der Waals surface area (Å²) in [6.07, 6.45) is 2.81. The normalized spacial score (nSPS) is 20.9. The van der Waals surface area contributed by atoms with E-state index in [0.717, 1.165) is 29.2 Å². The van der Waals surface area contributed by atoms with Crippen molar-refractivity contribution in [2.75, 3.05) is 7.05 Å². The van der Waals surface area contributed by atoms with Gasteiger partial charge in [0.25, 0.3) is 5.91 Å². The van der Waals surface area contributed by atoms with Crippen LogP contribution in [0.2, 0.25) is 0 Å². The molecule has 0 spiro atoms. The van der Waals surface area contributed by atoms with Crippen molar-refractivity contribution in [1.29, 1.82) is 0 Å². The number of rotatable bonds is 4. The number of nitrogens with two attached hydrogens (primary N) is 1. The zero-order chi connectivity index (χ0) is 24.3. The second kappa shape index (κ2) is 6.50. The third-order valence-electron chi connectivity index (χ3n) is 5.29. The van der Waals surface area contributed by atoms with Crippen LogP contribution in [0.3, 0.4) is 0 Å². The summed E-state index contributed by atoms with van der Waals surface area (Å²) in [5, 5.41) is 0. The SMILES string of the molecule is CN1C(=O)C(c2cccc(S(F)(F)(F)(F)F)c2)(c2ccc(F)c(-c3cccnc3)c2)N=C1N. The highest BCUT2D eigenvalue weighted by Crippen LogP contribution is 3.02. The fourth-order valence-electron chi connectivity index (χ4n) is 3.64. The number of hydrogen-bond acceptors (Lipinski definition) is 4.